The molecule has 0 saturated carbocycles. The third-order valence-electron chi connectivity index (χ3n) is 4.89. The number of nitrogens with zero attached hydrogens (tertiary/aromatic N) is 2. The van der Waals surface area contributed by atoms with E-state index in [-0.39, 0.29) is 11.6 Å². The molecule has 0 amide bonds. The van der Waals surface area contributed by atoms with Crippen LogP contribution in [0.15, 0.2) is 59.6 Å². The van der Waals surface area contributed by atoms with Gasteiger partial charge in [-0.05, 0) is 29.8 Å². The Bertz CT molecular complexity index is 765. The highest BCUT2D eigenvalue weighted by Crippen LogP contribution is 2.27. The number of fused-ring (bicyclic) bond motifs is 1. The van der Waals surface area contributed by atoms with E-state index in [1.54, 1.807) is 0 Å². The largest absolute Gasteiger partial charge is 0.378 e. The quantitative estimate of drug-likeness (QED) is 0.863. The maximum absolute atomic E-state index is 5.80. The molecule has 0 N–H and O–H groups in total. The van der Waals surface area contributed by atoms with Gasteiger partial charge in [-0.2, -0.15) is 0 Å². The fraction of sp³-hybridized carbons (Fsp3) is 0.350. The Morgan fingerprint density at radius 1 is 1.13 bits per heavy atom. The van der Waals surface area contributed by atoms with E-state index in [0.29, 0.717) is 0 Å². The molecular weight excluding hydrogens is 284 g/mol. The molecule has 118 valence electrons. The van der Waals surface area contributed by atoms with Gasteiger partial charge in [0.05, 0.1) is 30.2 Å². The molecule has 2 heterocycles. The summed E-state index contributed by atoms with van der Waals surface area (Å²) >= 11 is 0. The van der Waals surface area contributed by atoms with Crippen LogP contribution in [0.5, 0.6) is 0 Å². The molecule has 3 nitrogen and oxygen atoms in total. The number of ether oxygens (including phenoxy) is 1. The fourth-order valence-electron chi connectivity index (χ4n) is 3.67. The van der Waals surface area contributed by atoms with Gasteiger partial charge in [0.1, 0.15) is 0 Å². The van der Waals surface area contributed by atoms with E-state index in [4.69, 9.17) is 9.73 Å². The molecule has 23 heavy (non-hydrogen) atoms. The van der Waals surface area contributed by atoms with E-state index < -0.39 is 0 Å². The van der Waals surface area contributed by atoms with Gasteiger partial charge in [-0.15, -0.1) is 0 Å². The minimum Gasteiger partial charge on any atom is -0.378 e. The Morgan fingerprint density at radius 2 is 1.91 bits per heavy atom. The van der Waals surface area contributed by atoms with Crippen molar-refractivity contribution in [3.63, 3.8) is 0 Å². The molecule has 2 unspecified atom stereocenters. The molecule has 4 rings (SSSR count). The third kappa shape index (κ3) is 2.82. The Balaban J connectivity index is 1.65. The molecule has 2 atom stereocenters. The second-order valence-corrected chi connectivity index (χ2v) is 6.59. The van der Waals surface area contributed by atoms with Crippen LogP contribution in [0, 0.1) is 0 Å². The number of benzene rings is 2. The van der Waals surface area contributed by atoms with Crippen LogP contribution < -0.4 is 10.6 Å². The zero-order valence-electron chi connectivity index (χ0n) is 13.5. The van der Waals surface area contributed by atoms with Crippen LogP contribution in [0.3, 0.4) is 0 Å². The first-order chi connectivity index (χ1) is 11.2. The Hall–Kier alpha value is -1.97. The van der Waals surface area contributed by atoms with Crippen LogP contribution in [0.1, 0.15) is 12.5 Å². The maximum atomic E-state index is 5.80. The van der Waals surface area contributed by atoms with E-state index in [0.717, 1.165) is 31.7 Å². The second-order valence-electron chi connectivity index (χ2n) is 6.59. The SMILES string of the molecule is CC1(C2COCCN2Cc2ccccc2)C=c2ccccc2=N1. The summed E-state index contributed by atoms with van der Waals surface area (Å²) in [5.41, 5.74) is 1.12. The van der Waals surface area contributed by atoms with Gasteiger partial charge in [0.25, 0.3) is 0 Å². The Morgan fingerprint density at radius 3 is 2.74 bits per heavy atom. The van der Waals surface area contributed by atoms with Gasteiger partial charge in [0, 0.05) is 13.1 Å². The lowest BCUT2D eigenvalue weighted by Gasteiger charge is -2.42. The van der Waals surface area contributed by atoms with Crippen LogP contribution in [-0.2, 0) is 11.3 Å². The number of rotatable bonds is 3. The van der Waals surface area contributed by atoms with Crippen LogP contribution in [-0.4, -0.2) is 36.2 Å². The minimum atomic E-state index is -0.223. The van der Waals surface area contributed by atoms with Crippen molar-refractivity contribution in [2.24, 2.45) is 4.99 Å². The van der Waals surface area contributed by atoms with Crippen molar-refractivity contribution < 1.29 is 4.74 Å². The standard InChI is InChI=1S/C20H22N2O/c1-20(13-17-9-5-6-10-18(17)21-20)19-15-23-12-11-22(19)14-16-7-3-2-4-8-16/h2-10,13,19H,11-12,14-15H2,1H3. The van der Waals surface area contributed by atoms with Gasteiger partial charge < -0.3 is 4.74 Å². The molecule has 2 aliphatic rings. The Kier molecular flexibility index (Phi) is 3.76. The highest BCUT2D eigenvalue weighted by molar-refractivity contribution is 5.43. The van der Waals surface area contributed by atoms with Crippen molar-refractivity contribution in [1.82, 2.24) is 4.90 Å². The Labute approximate surface area is 136 Å². The predicted octanol–water partition coefficient (Wildman–Crippen LogP) is 1.76. The van der Waals surface area contributed by atoms with E-state index in [9.17, 15) is 0 Å². The summed E-state index contributed by atoms with van der Waals surface area (Å²) in [5.74, 6) is 0. The number of morpholine rings is 1. The maximum Gasteiger partial charge on any atom is 0.0953 e. The lowest BCUT2D eigenvalue weighted by atomic mass is 9.91. The number of hydrogen-bond acceptors (Lipinski definition) is 3. The van der Waals surface area contributed by atoms with Gasteiger partial charge in [-0.3, -0.25) is 9.89 Å². The first kappa shape index (κ1) is 14.6. The smallest absolute Gasteiger partial charge is 0.0953 e. The topological polar surface area (TPSA) is 24.8 Å². The number of para-hydroxylation sites is 1. The zero-order chi connectivity index (χ0) is 15.7. The van der Waals surface area contributed by atoms with Gasteiger partial charge in [0.2, 0.25) is 0 Å². The average Bonchev–Trinajstić information content (AvgIpc) is 2.93. The van der Waals surface area contributed by atoms with E-state index in [1.165, 1.54) is 10.8 Å². The van der Waals surface area contributed by atoms with Crippen LogP contribution in [0.25, 0.3) is 6.08 Å². The molecule has 0 radical (unpaired) electrons. The van der Waals surface area contributed by atoms with Crippen LogP contribution in [0.2, 0.25) is 0 Å². The van der Waals surface area contributed by atoms with Crippen molar-refractivity contribution in [1.29, 1.82) is 0 Å². The van der Waals surface area contributed by atoms with E-state index in [2.05, 4.69) is 72.5 Å². The summed E-state index contributed by atoms with van der Waals surface area (Å²) in [6, 6.07) is 19.3. The van der Waals surface area contributed by atoms with Gasteiger partial charge in [-0.1, -0.05) is 48.5 Å². The zero-order valence-corrected chi connectivity index (χ0v) is 13.5. The van der Waals surface area contributed by atoms with Crippen molar-refractivity contribution in [3.8, 4) is 0 Å². The van der Waals surface area contributed by atoms with Gasteiger partial charge in [-0.25, -0.2) is 0 Å². The van der Waals surface area contributed by atoms with Crippen molar-refractivity contribution in [2.45, 2.75) is 25.0 Å². The first-order valence-electron chi connectivity index (χ1n) is 8.28. The van der Waals surface area contributed by atoms with Gasteiger partial charge in [0.15, 0.2) is 0 Å². The van der Waals surface area contributed by atoms with Crippen molar-refractivity contribution >= 4 is 6.08 Å². The average molecular weight is 306 g/mol. The normalized spacial score (nSPS) is 27.1. The minimum absolute atomic E-state index is 0.223. The summed E-state index contributed by atoms with van der Waals surface area (Å²) in [6.45, 7) is 5.66. The molecule has 0 spiro atoms. The molecule has 2 aromatic carbocycles. The molecule has 2 aliphatic heterocycles. The molecule has 1 saturated heterocycles. The number of hydrogen-bond donors (Lipinski definition) is 0. The van der Waals surface area contributed by atoms with E-state index in [1.807, 2.05) is 0 Å². The molecule has 0 aliphatic carbocycles. The van der Waals surface area contributed by atoms with Crippen molar-refractivity contribution in [3.05, 3.63) is 70.7 Å². The lowest BCUT2D eigenvalue weighted by Crippen LogP contribution is -2.55. The second kappa shape index (κ2) is 5.91. The van der Waals surface area contributed by atoms with Crippen LogP contribution >= 0.6 is 0 Å². The highest BCUT2D eigenvalue weighted by Gasteiger charge is 2.39. The summed E-state index contributed by atoms with van der Waals surface area (Å²) in [7, 11) is 0. The van der Waals surface area contributed by atoms with Crippen molar-refractivity contribution in [2.75, 3.05) is 19.8 Å². The summed E-state index contributed by atoms with van der Waals surface area (Å²) in [6.07, 6.45) is 2.31. The molecule has 0 aromatic heterocycles. The van der Waals surface area contributed by atoms with Gasteiger partial charge >= 0.3 is 0 Å². The molecule has 0 bridgehead atoms. The fourth-order valence-corrected chi connectivity index (χ4v) is 3.67. The molecule has 3 heteroatoms. The monoisotopic (exact) mass is 306 g/mol. The summed E-state index contributed by atoms with van der Waals surface area (Å²) in [4.78, 5) is 7.54. The van der Waals surface area contributed by atoms with Crippen LogP contribution in [0.4, 0.5) is 0 Å². The third-order valence-corrected chi connectivity index (χ3v) is 4.89. The molecule has 1 fully saturated rings. The summed E-state index contributed by atoms with van der Waals surface area (Å²) in [5, 5.41) is 2.33. The molecule has 2 aromatic rings. The summed E-state index contributed by atoms with van der Waals surface area (Å²) < 4.78 is 5.80. The first-order valence-corrected chi connectivity index (χ1v) is 8.28. The predicted molar refractivity (Wildman–Crippen MR) is 91.6 cm³/mol. The lowest BCUT2D eigenvalue weighted by molar-refractivity contribution is -0.0274. The highest BCUT2D eigenvalue weighted by atomic mass is 16.5. The van der Waals surface area contributed by atoms with E-state index >= 15 is 0 Å². The molecular formula is C20H22N2O.